The van der Waals surface area contributed by atoms with Gasteiger partial charge in [-0.25, -0.2) is 4.79 Å². The van der Waals surface area contributed by atoms with Gasteiger partial charge in [0.1, 0.15) is 5.60 Å². The van der Waals surface area contributed by atoms with Crippen LogP contribution in [0.3, 0.4) is 0 Å². The fraction of sp³-hybridized carbons (Fsp3) is 0.375. The number of aromatic nitrogens is 2. The number of nitrogens with zero attached hydrogens (tertiary/aromatic N) is 3. The fourth-order valence-electron chi connectivity index (χ4n) is 4.06. The molecule has 31 heavy (non-hydrogen) atoms. The molecule has 0 aliphatic carbocycles. The molecule has 1 aliphatic rings. The predicted molar refractivity (Wildman–Crippen MR) is 120 cm³/mol. The standard InChI is InChI=1S/C24H28N4O3/c1-24(2,3)31-23(30)27-11-9-18(10-12-27)28-21-14-17(16-7-5-4-6-8-16)13-19(22(25)29)20(21)15-26-28/h4-8,13-15,18H,9-12H2,1-3H3,(H2,25,29). The van der Waals surface area contributed by atoms with Gasteiger partial charge < -0.3 is 15.4 Å². The Labute approximate surface area is 181 Å². The van der Waals surface area contributed by atoms with Gasteiger partial charge in [-0.15, -0.1) is 0 Å². The third-order valence-electron chi connectivity index (χ3n) is 5.55. The number of ether oxygens (including phenoxy) is 1. The van der Waals surface area contributed by atoms with Gasteiger partial charge in [0.15, 0.2) is 0 Å². The zero-order chi connectivity index (χ0) is 22.2. The molecule has 1 aliphatic heterocycles. The minimum Gasteiger partial charge on any atom is -0.444 e. The van der Waals surface area contributed by atoms with Crippen molar-refractivity contribution in [2.24, 2.45) is 5.73 Å². The molecule has 0 bridgehead atoms. The zero-order valence-corrected chi connectivity index (χ0v) is 18.2. The fourth-order valence-corrected chi connectivity index (χ4v) is 4.06. The number of amides is 2. The van der Waals surface area contributed by atoms with Crippen molar-refractivity contribution in [1.82, 2.24) is 14.7 Å². The summed E-state index contributed by atoms with van der Waals surface area (Å²) < 4.78 is 7.47. The lowest BCUT2D eigenvalue weighted by Crippen LogP contribution is -2.42. The number of hydrogen-bond acceptors (Lipinski definition) is 4. The summed E-state index contributed by atoms with van der Waals surface area (Å²) in [6, 6.07) is 13.9. The van der Waals surface area contributed by atoms with Crippen LogP contribution in [-0.4, -0.2) is 45.4 Å². The summed E-state index contributed by atoms with van der Waals surface area (Å²) >= 11 is 0. The van der Waals surface area contributed by atoms with Gasteiger partial charge >= 0.3 is 6.09 Å². The molecule has 0 unspecified atom stereocenters. The molecule has 1 aromatic heterocycles. The van der Waals surface area contributed by atoms with Crippen molar-refractivity contribution in [3.8, 4) is 11.1 Å². The molecular weight excluding hydrogens is 392 g/mol. The van der Waals surface area contributed by atoms with Gasteiger partial charge in [-0.05, 0) is 56.9 Å². The van der Waals surface area contributed by atoms with E-state index in [9.17, 15) is 9.59 Å². The summed E-state index contributed by atoms with van der Waals surface area (Å²) in [6.45, 7) is 6.81. The highest BCUT2D eigenvalue weighted by atomic mass is 16.6. The smallest absolute Gasteiger partial charge is 0.410 e. The third kappa shape index (κ3) is 4.40. The summed E-state index contributed by atoms with van der Waals surface area (Å²) in [5.41, 5.74) is 8.46. The number of likely N-dealkylation sites (tertiary alicyclic amines) is 1. The van der Waals surface area contributed by atoms with E-state index in [1.165, 1.54) is 0 Å². The van der Waals surface area contributed by atoms with E-state index in [2.05, 4.69) is 11.2 Å². The molecule has 2 heterocycles. The molecule has 0 atom stereocenters. The van der Waals surface area contributed by atoms with Gasteiger partial charge in [0, 0.05) is 18.5 Å². The highest BCUT2D eigenvalue weighted by Crippen LogP contribution is 2.32. The van der Waals surface area contributed by atoms with Crippen LogP contribution in [0.1, 0.15) is 50.0 Å². The van der Waals surface area contributed by atoms with Crippen molar-refractivity contribution in [2.45, 2.75) is 45.3 Å². The average molecular weight is 421 g/mol. The van der Waals surface area contributed by atoms with Gasteiger partial charge in [0.05, 0.1) is 23.3 Å². The lowest BCUT2D eigenvalue weighted by atomic mass is 9.99. The summed E-state index contributed by atoms with van der Waals surface area (Å²) in [7, 11) is 0. The maximum Gasteiger partial charge on any atom is 0.410 e. The summed E-state index contributed by atoms with van der Waals surface area (Å²) in [5, 5.41) is 5.35. The first-order chi connectivity index (χ1) is 14.7. The van der Waals surface area contributed by atoms with Gasteiger partial charge in [-0.1, -0.05) is 30.3 Å². The number of carbonyl (C=O) groups is 2. The van der Waals surface area contributed by atoms with Crippen molar-refractivity contribution in [2.75, 3.05) is 13.1 Å². The maximum atomic E-state index is 12.4. The first-order valence-electron chi connectivity index (χ1n) is 10.6. The first kappa shape index (κ1) is 20.9. The Balaban J connectivity index is 1.63. The Morgan fingerprint density at radius 1 is 1.06 bits per heavy atom. The minimum atomic E-state index is -0.509. The van der Waals surface area contributed by atoms with E-state index in [0.29, 0.717) is 18.7 Å². The maximum absolute atomic E-state index is 12.4. The topological polar surface area (TPSA) is 90.4 Å². The molecule has 4 rings (SSSR count). The second kappa shape index (κ2) is 8.06. The van der Waals surface area contributed by atoms with Crippen molar-refractivity contribution in [1.29, 1.82) is 0 Å². The minimum absolute atomic E-state index is 0.128. The molecule has 7 nitrogen and oxygen atoms in total. The van der Waals surface area contributed by atoms with E-state index in [1.807, 2.05) is 61.9 Å². The van der Waals surface area contributed by atoms with Gasteiger partial charge in [0.2, 0.25) is 5.91 Å². The van der Waals surface area contributed by atoms with Gasteiger partial charge in [-0.2, -0.15) is 5.10 Å². The third-order valence-corrected chi connectivity index (χ3v) is 5.55. The van der Waals surface area contributed by atoms with Crippen LogP contribution < -0.4 is 5.73 Å². The number of primary amides is 1. The molecule has 0 spiro atoms. The van der Waals surface area contributed by atoms with E-state index in [1.54, 1.807) is 11.1 Å². The molecule has 3 aromatic rings. The van der Waals surface area contributed by atoms with Crippen LogP contribution in [0.15, 0.2) is 48.7 Å². The number of rotatable bonds is 3. The Bertz CT molecular complexity index is 1110. The Morgan fingerprint density at radius 2 is 1.74 bits per heavy atom. The average Bonchev–Trinajstić information content (AvgIpc) is 3.16. The Kier molecular flexibility index (Phi) is 5.43. The van der Waals surface area contributed by atoms with E-state index in [-0.39, 0.29) is 12.1 Å². The first-order valence-corrected chi connectivity index (χ1v) is 10.6. The summed E-state index contributed by atoms with van der Waals surface area (Å²) in [6.07, 6.45) is 2.96. The second-order valence-electron chi connectivity index (χ2n) is 8.97. The molecule has 1 fully saturated rings. The highest BCUT2D eigenvalue weighted by Gasteiger charge is 2.29. The van der Waals surface area contributed by atoms with Crippen LogP contribution in [-0.2, 0) is 4.74 Å². The lowest BCUT2D eigenvalue weighted by molar-refractivity contribution is 0.0186. The van der Waals surface area contributed by atoms with Crippen molar-refractivity contribution >= 4 is 22.9 Å². The molecule has 7 heteroatoms. The van der Waals surface area contributed by atoms with E-state index >= 15 is 0 Å². The van der Waals surface area contributed by atoms with Crippen LogP contribution in [0.5, 0.6) is 0 Å². The van der Waals surface area contributed by atoms with Crippen molar-refractivity contribution in [3.05, 3.63) is 54.2 Å². The largest absolute Gasteiger partial charge is 0.444 e. The molecular formula is C24H28N4O3. The molecule has 2 aromatic carbocycles. The van der Waals surface area contributed by atoms with Crippen LogP contribution in [0, 0.1) is 0 Å². The number of fused-ring (bicyclic) bond motifs is 1. The lowest BCUT2D eigenvalue weighted by Gasteiger charge is -2.33. The van der Waals surface area contributed by atoms with E-state index in [0.717, 1.165) is 34.9 Å². The quantitative estimate of drug-likeness (QED) is 0.681. The van der Waals surface area contributed by atoms with Crippen LogP contribution in [0.4, 0.5) is 4.79 Å². The van der Waals surface area contributed by atoms with E-state index < -0.39 is 11.5 Å². The number of hydrogen-bond donors (Lipinski definition) is 1. The Morgan fingerprint density at radius 3 is 2.35 bits per heavy atom. The predicted octanol–water partition coefficient (Wildman–Crippen LogP) is 4.37. The zero-order valence-electron chi connectivity index (χ0n) is 18.2. The molecule has 1 saturated heterocycles. The van der Waals surface area contributed by atoms with Gasteiger partial charge in [-0.3, -0.25) is 9.48 Å². The van der Waals surface area contributed by atoms with Crippen molar-refractivity contribution in [3.63, 3.8) is 0 Å². The number of piperidine rings is 1. The number of nitrogens with two attached hydrogens (primary N) is 1. The van der Waals surface area contributed by atoms with Gasteiger partial charge in [0.25, 0.3) is 0 Å². The van der Waals surface area contributed by atoms with Crippen LogP contribution in [0.2, 0.25) is 0 Å². The monoisotopic (exact) mass is 420 g/mol. The molecule has 2 amide bonds. The molecule has 0 radical (unpaired) electrons. The van der Waals surface area contributed by atoms with Crippen molar-refractivity contribution < 1.29 is 14.3 Å². The normalized spacial score (nSPS) is 15.3. The molecule has 162 valence electrons. The highest BCUT2D eigenvalue weighted by molar-refractivity contribution is 6.07. The SMILES string of the molecule is CC(C)(C)OC(=O)N1CCC(n2ncc3c(C(N)=O)cc(-c4ccccc4)cc32)CC1. The number of carbonyl (C=O) groups excluding carboxylic acids is 2. The molecule has 2 N–H and O–H groups in total. The summed E-state index contributed by atoms with van der Waals surface area (Å²) in [4.78, 5) is 26.3. The second-order valence-corrected chi connectivity index (χ2v) is 8.97. The van der Waals surface area contributed by atoms with E-state index in [4.69, 9.17) is 10.5 Å². The summed E-state index contributed by atoms with van der Waals surface area (Å²) in [5.74, 6) is -0.470. The van der Waals surface area contributed by atoms with Crippen LogP contribution >= 0.6 is 0 Å². The molecule has 0 saturated carbocycles. The van der Waals surface area contributed by atoms with Crippen LogP contribution in [0.25, 0.3) is 22.0 Å². The Hall–Kier alpha value is -3.35. The number of benzene rings is 2.